The molecule has 0 saturated heterocycles. The highest BCUT2D eigenvalue weighted by atomic mass is 16.5. The van der Waals surface area contributed by atoms with Crippen molar-refractivity contribution in [2.24, 2.45) is 0 Å². The van der Waals surface area contributed by atoms with E-state index in [-0.39, 0.29) is 6.03 Å². The van der Waals surface area contributed by atoms with Gasteiger partial charge in [-0.2, -0.15) is 5.10 Å². The Morgan fingerprint density at radius 3 is 3.08 bits per heavy atom. The Balaban J connectivity index is 1.66. The van der Waals surface area contributed by atoms with E-state index in [4.69, 9.17) is 9.47 Å². The lowest BCUT2D eigenvalue weighted by molar-refractivity contribution is 0.183. The number of ether oxygens (including phenoxy) is 2. The minimum atomic E-state index is -0.475. The van der Waals surface area contributed by atoms with Crippen molar-refractivity contribution in [2.45, 2.75) is 25.4 Å². The number of aromatic nitrogens is 2. The Morgan fingerprint density at radius 2 is 2.25 bits per heavy atom. The normalized spacial score (nSPS) is 19.2. The molecule has 3 rings (SSSR count). The molecule has 1 aliphatic heterocycles. The van der Waals surface area contributed by atoms with E-state index in [2.05, 4.69) is 15.7 Å². The molecule has 7 nitrogen and oxygen atoms in total. The van der Waals surface area contributed by atoms with Gasteiger partial charge in [-0.25, -0.2) is 4.79 Å². The number of hydrogen-bond acceptors (Lipinski definition) is 4. The predicted octanol–water partition coefficient (Wildman–Crippen LogP) is 2.35. The van der Waals surface area contributed by atoms with Gasteiger partial charge in [-0.3, -0.25) is 10.00 Å². The van der Waals surface area contributed by atoms with E-state index in [0.717, 1.165) is 11.3 Å². The zero-order valence-corrected chi connectivity index (χ0v) is 13.9. The molecule has 128 valence electrons. The number of amides is 2. The molecule has 1 aromatic heterocycles. The molecule has 0 spiro atoms. The number of hydrogen-bond donors (Lipinski definition) is 2. The maximum absolute atomic E-state index is 12.4. The third kappa shape index (κ3) is 3.51. The Kier molecular flexibility index (Phi) is 4.71. The van der Waals surface area contributed by atoms with E-state index in [9.17, 15) is 4.79 Å². The maximum atomic E-state index is 12.4. The molecule has 0 bridgehead atoms. The van der Waals surface area contributed by atoms with Gasteiger partial charge in [0.25, 0.3) is 0 Å². The number of nitrogens with one attached hydrogen (secondary N) is 2. The number of carbonyl (C=O) groups excluding carboxylic acids is 1. The van der Waals surface area contributed by atoms with Crippen molar-refractivity contribution >= 4 is 11.8 Å². The van der Waals surface area contributed by atoms with Gasteiger partial charge in [0.15, 0.2) is 5.82 Å². The average Bonchev–Trinajstić information content (AvgIpc) is 3.00. The summed E-state index contributed by atoms with van der Waals surface area (Å²) < 4.78 is 12.4. The summed E-state index contributed by atoms with van der Waals surface area (Å²) in [6.07, 6.45) is 2.51. The summed E-state index contributed by atoms with van der Waals surface area (Å²) in [4.78, 5) is 12.4. The number of rotatable bonds is 5. The lowest BCUT2D eigenvalue weighted by Gasteiger charge is -2.36. The molecule has 2 heterocycles. The Morgan fingerprint density at radius 1 is 1.42 bits per heavy atom. The molecule has 1 unspecified atom stereocenters. The molecule has 2 amide bonds. The second kappa shape index (κ2) is 6.92. The molecule has 2 aromatic rings. The number of fused-ring (bicyclic) bond motifs is 1. The van der Waals surface area contributed by atoms with Gasteiger partial charge in [0, 0.05) is 31.4 Å². The molecular weight excluding hydrogens is 308 g/mol. The molecular formula is C17H22N4O3. The Bertz CT molecular complexity index is 715. The van der Waals surface area contributed by atoms with E-state index in [1.807, 2.05) is 31.2 Å². The van der Waals surface area contributed by atoms with Crippen molar-refractivity contribution in [3.05, 3.63) is 42.1 Å². The standard InChI is InChI=1S/C17H22N4O3/c1-17(8-11-24-14-6-4-3-5-13(14)17)19-16(22)18-15-7-9-21(20-15)10-12-23-2/h3-7,9H,8,10-12H2,1-2H3,(H2,18,19,20,22). The molecule has 0 radical (unpaired) electrons. The lowest BCUT2D eigenvalue weighted by atomic mass is 9.86. The number of methoxy groups -OCH3 is 1. The summed E-state index contributed by atoms with van der Waals surface area (Å²) in [5.74, 6) is 1.32. The van der Waals surface area contributed by atoms with Gasteiger partial charge >= 0.3 is 6.03 Å². The van der Waals surface area contributed by atoms with Crippen LogP contribution in [0, 0.1) is 0 Å². The number of carbonyl (C=O) groups is 1. The van der Waals surface area contributed by atoms with Gasteiger partial charge in [0.1, 0.15) is 5.75 Å². The number of benzene rings is 1. The molecule has 7 heteroatoms. The van der Waals surface area contributed by atoms with Crippen molar-refractivity contribution in [3.8, 4) is 5.75 Å². The van der Waals surface area contributed by atoms with E-state index < -0.39 is 5.54 Å². The highest BCUT2D eigenvalue weighted by Crippen LogP contribution is 2.36. The quantitative estimate of drug-likeness (QED) is 0.882. The first kappa shape index (κ1) is 16.3. The Labute approximate surface area is 140 Å². The topological polar surface area (TPSA) is 77.4 Å². The first-order chi connectivity index (χ1) is 11.6. The van der Waals surface area contributed by atoms with Crippen LogP contribution in [0.3, 0.4) is 0 Å². The van der Waals surface area contributed by atoms with Crippen LogP contribution in [0.1, 0.15) is 18.9 Å². The molecule has 0 fully saturated rings. The van der Waals surface area contributed by atoms with Crippen LogP contribution in [0.2, 0.25) is 0 Å². The van der Waals surface area contributed by atoms with Crippen molar-refractivity contribution in [3.63, 3.8) is 0 Å². The molecule has 24 heavy (non-hydrogen) atoms. The molecule has 0 aliphatic carbocycles. The summed E-state index contributed by atoms with van der Waals surface area (Å²) in [5, 5.41) is 10.1. The summed E-state index contributed by atoms with van der Waals surface area (Å²) in [7, 11) is 1.64. The van der Waals surface area contributed by atoms with Crippen LogP contribution < -0.4 is 15.4 Å². The summed E-state index contributed by atoms with van der Waals surface area (Å²) in [6.45, 7) is 3.79. The maximum Gasteiger partial charge on any atom is 0.321 e. The van der Waals surface area contributed by atoms with Gasteiger partial charge in [-0.15, -0.1) is 0 Å². The fourth-order valence-electron chi connectivity index (χ4n) is 2.81. The number of anilines is 1. The number of nitrogens with zero attached hydrogens (tertiary/aromatic N) is 2. The van der Waals surface area contributed by atoms with E-state index >= 15 is 0 Å². The van der Waals surface area contributed by atoms with Gasteiger partial charge in [-0.05, 0) is 13.0 Å². The number of urea groups is 1. The van der Waals surface area contributed by atoms with Crippen molar-refractivity contribution in [2.75, 3.05) is 25.6 Å². The second-order valence-corrected chi connectivity index (χ2v) is 5.96. The molecule has 1 atom stereocenters. The monoisotopic (exact) mass is 330 g/mol. The van der Waals surface area contributed by atoms with Crippen molar-refractivity contribution in [1.29, 1.82) is 0 Å². The van der Waals surface area contributed by atoms with Crippen LogP contribution in [0.15, 0.2) is 36.5 Å². The second-order valence-electron chi connectivity index (χ2n) is 5.96. The highest BCUT2D eigenvalue weighted by Gasteiger charge is 2.34. The highest BCUT2D eigenvalue weighted by molar-refractivity contribution is 5.88. The summed E-state index contributed by atoms with van der Waals surface area (Å²) in [6, 6.07) is 9.25. The van der Waals surface area contributed by atoms with Gasteiger partial charge in [-0.1, -0.05) is 18.2 Å². The fraction of sp³-hybridized carbons (Fsp3) is 0.412. The van der Waals surface area contributed by atoms with E-state index in [1.165, 1.54) is 0 Å². The van der Waals surface area contributed by atoms with Crippen LogP contribution in [0.25, 0.3) is 0 Å². The average molecular weight is 330 g/mol. The third-order valence-corrected chi connectivity index (χ3v) is 4.14. The summed E-state index contributed by atoms with van der Waals surface area (Å²) in [5.41, 5.74) is 0.509. The lowest BCUT2D eigenvalue weighted by Crippen LogP contribution is -2.48. The van der Waals surface area contributed by atoms with E-state index in [0.29, 0.717) is 32.0 Å². The Hall–Kier alpha value is -2.54. The zero-order valence-electron chi connectivity index (χ0n) is 13.9. The first-order valence-electron chi connectivity index (χ1n) is 7.94. The van der Waals surface area contributed by atoms with Crippen LogP contribution in [0.5, 0.6) is 5.75 Å². The largest absolute Gasteiger partial charge is 0.493 e. The van der Waals surface area contributed by atoms with E-state index in [1.54, 1.807) is 24.1 Å². The van der Waals surface area contributed by atoms with Crippen LogP contribution in [0.4, 0.5) is 10.6 Å². The minimum Gasteiger partial charge on any atom is -0.493 e. The molecule has 0 saturated carbocycles. The minimum absolute atomic E-state index is 0.286. The SMILES string of the molecule is COCCn1ccc(NC(=O)NC2(C)CCOc3ccccc32)n1. The summed E-state index contributed by atoms with van der Waals surface area (Å²) >= 11 is 0. The zero-order chi connectivity index (χ0) is 17.0. The van der Waals surface area contributed by atoms with Crippen LogP contribution in [-0.4, -0.2) is 36.1 Å². The van der Waals surface area contributed by atoms with Gasteiger partial charge in [0.05, 0.1) is 25.3 Å². The van der Waals surface area contributed by atoms with Crippen molar-refractivity contribution in [1.82, 2.24) is 15.1 Å². The predicted molar refractivity (Wildman–Crippen MR) is 90.2 cm³/mol. The van der Waals surface area contributed by atoms with Gasteiger partial charge < -0.3 is 14.8 Å². The first-order valence-corrected chi connectivity index (χ1v) is 7.94. The van der Waals surface area contributed by atoms with Gasteiger partial charge in [0.2, 0.25) is 0 Å². The van der Waals surface area contributed by atoms with Crippen LogP contribution >= 0.6 is 0 Å². The molecule has 1 aliphatic rings. The third-order valence-electron chi connectivity index (χ3n) is 4.14. The molecule has 1 aromatic carbocycles. The van der Waals surface area contributed by atoms with Crippen LogP contribution in [-0.2, 0) is 16.8 Å². The fourth-order valence-corrected chi connectivity index (χ4v) is 2.81. The smallest absolute Gasteiger partial charge is 0.321 e. The number of para-hydroxylation sites is 1. The van der Waals surface area contributed by atoms with Crippen molar-refractivity contribution < 1.29 is 14.3 Å². The molecule has 2 N–H and O–H groups in total.